The molecule has 2 atom stereocenters. The van der Waals surface area contributed by atoms with Crippen molar-refractivity contribution in [3.63, 3.8) is 0 Å². The number of hydrogen-bond acceptors (Lipinski definition) is 7. The second-order valence-corrected chi connectivity index (χ2v) is 13.5. The van der Waals surface area contributed by atoms with Crippen LogP contribution in [0.25, 0.3) is 0 Å². The highest BCUT2D eigenvalue weighted by molar-refractivity contribution is 6.04. The molecule has 0 aromatic heterocycles. The number of rotatable bonds is 10. The van der Waals surface area contributed by atoms with Crippen molar-refractivity contribution < 1.29 is 23.9 Å². The number of methoxy groups -OCH3 is 1. The summed E-state index contributed by atoms with van der Waals surface area (Å²) in [7, 11) is 1.65. The van der Waals surface area contributed by atoms with Crippen molar-refractivity contribution >= 4 is 29.1 Å². The Hall–Kier alpha value is -3.47. The third kappa shape index (κ3) is 6.59. The van der Waals surface area contributed by atoms with Gasteiger partial charge in [0, 0.05) is 45.1 Å². The van der Waals surface area contributed by atoms with Crippen LogP contribution in [-0.4, -0.2) is 75.8 Å². The number of hydrogen-bond donors (Lipinski definition) is 3. The van der Waals surface area contributed by atoms with E-state index in [1.54, 1.807) is 25.9 Å². The number of nitrogens with one attached hydrogen (secondary N) is 3. The van der Waals surface area contributed by atoms with Gasteiger partial charge in [-0.15, -0.1) is 0 Å². The van der Waals surface area contributed by atoms with Crippen LogP contribution in [0.15, 0.2) is 48.5 Å². The van der Waals surface area contributed by atoms with Gasteiger partial charge in [-0.3, -0.25) is 14.4 Å². The average Bonchev–Trinajstić information content (AvgIpc) is 3.89. The van der Waals surface area contributed by atoms with Crippen molar-refractivity contribution in [2.45, 2.75) is 69.6 Å². The van der Waals surface area contributed by atoms with E-state index < -0.39 is 11.1 Å². The van der Waals surface area contributed by atoms with E-state index in [0.717, 1.165) is 50.0 Å². The van der Waals surface area contributed by atoms with Gasteiger partial charge in [0.15, 0.2) is 5.60 Å². The molecule has 0 radical (unpaired) electrons. The monoisotopic (exact) mass is 617 g/mol. The van der Waals surface area contributed by atoms with E-state index in [0.29, 0.717) is 50.5 Å². The van der Waals surface area contributed by atoms with E-state index in [1.807, 2.05) is 41.3 Å². The van der Waals surface area contributed by atoms with Crippen molar-refractivity contribution in [3.8, 4) is 5.75 Å². The predicted molar refractivity (Wildman–Crippen MR) is 173 cm³/mol. The SMILES string of the molecule is COCCCN1C(=O)C(C)(C)Oc2ccc(N(C(=O)C3CNC[C@@H](C(=O)NC4(c5ccccc5)CCNCC4)C3)C3CC3)cc21. The van der Waals surface area contributed by atoms with E-state index in [1.165, 1.54) is 0 Å². The second kappa shape index (κ2) is 13.1. The van der Waals surface area contributed by atoms with E-state index >= 15 is 0 Å². The third-order valence-electron chi connectivity index (χ3n) is 9.73. The minimum Gasteiger partial charge on any atom is -0.476 e. The lowest BCUT2D eigenvalue weighted by molar-refractivity contribution is -0.133. The molecule has 6 rings (SSSR count). The van der Waals surface area contributed by atoms with Crippen molar-refractivity contribution in [2.75, 3.05) is 56.2 Å². The van der Waals surface area contributed by atoms with Gasteiger partial charge in [-0.05, 0) is 89.2 Å². The average molecular weight is 618 g/mol. The Morgan fingerprint density at radius 1 is 1.04 bits per heavy atom. The molecule has 3 heterocycles. The molecule has 3 aliphatic heterocycles. The van der Waals surface area contributed by atoms with Crippen molar-refractivity contribution in [1.82, 2.24) is 16.0 Å². The Labute approximate surface area is 266 Å². The minimum absolute atomic E-state index is 0.00230. The molecular weight excluding hydrogens is 570 g/mol. The molecule has 1 saturated carbocycles. The first kappa shape index (κ1) is 31.5. The molecule has 1 unspecified atom stereocenters. The fourth-order valence-electron chi connectivity index (χ4n) is 7.11. The molecule has 1 aliphatic carbocycles. The van der Waals surface area contributed by atoms with Crippen LogP contribution < -0.4 is 30.5 Å². The van der Waals surface area contributed by atoms with Crippen molar-refractivity contribution in [3.05, 3.63) is 54.1 Å². The molecule has 3 N–H and O–H groups in total. The van der Waals surface area contributed by atoms with Gasteiger partial charge in [0.1, 0.15) is 5.75 Å². The molecule has 4 aliphatic rings. The molecule has 242 valence electrons. The summed E-state index contributed by atoms with van der Waals surface area (Å²) in [6, 6.07) is 16.1. The highest BCUT2D eigenvalue weighted by Gasteiger charge is 2.44. The maximum Gasteiger partial charge on any atom is 0.270 e. The number of carbonyl (C=O) groups excluding carboxylic acids is 3. The highest BCUT2D eigenvalue weighted by atomic mass is 16.5. The number of piperidine rings is 2. The molecule has 0 spiro atoms. The fourth-order valence-corrected chi connectivity index (χ4v) is 7.11. The minimum atomic E-state index is -0.982. The summed E-state index contributed by atoms with van der Waals surface area (Å²) in [6.45, 7) is 7.37. The van der Waals surface area contributed by atoms with Crippen LogP contribution in [0.4, 0.5) is 11.4 Å². The van der Waals surface area contributed by atoms with Gasteiger partial charge in [0.25, 0.3) is 5.91 Å². The van der Waals surface area contributed by atoms with Gasteiger partial charge >= 0.3 is 0 Å². The van der Waals surface area contributed by atoms with Crippen molar-refractivity contribution in [2.24, 2.45) is 11.8 Å². The molecule has 10 nitrogen and oxygen atoms in total. The van der Waals surface area contributed by atoms with E-state index in [-0.39, 0.29) is 35.6 Å². The number of ether oxygens (including phenoxy) is 2. The molecule has 0 bridgehead atoms. The number of nitrogens with zero attached hydrogens (tertiary/aromatic N) is 2. The Kier molecular flexibility index (Phi) is 9.17. The van der Waals surface area contributed by atoms with Gasteiger partial charge in [-0.1, -0.05) is 30.3 Å². The molecule has 3 amide bonds. The number of benzene rings is 2. The Morgan fingerprint density at radius 2 is 1.78 bits per heavy atom. The first-order chi connectivity index (χ1) is 21.7. The zero-order chi connectivity index (χ0) is 31.6. The highest BCUT2D eigenvalue weighted by Crippen LogP contribution is 2.43. The Morgan fingerprint density at radius 3 is 2.49 bits per heavy atom. The standard InChI is InChI=1S/C35H47N5O5/c1-34(2)33(43)39(18-7-19-44-3)29-21-28(12-13-30(29)45-34)40(27-10-11-27)32(42)25-20-24(22-37-23-25)31(41)38-35(14-16-36-17-15-35)26-8-5-4-6-9-26/h4-6,8-9,12-13,21,24-25,27,36-37H,7,10-11,14-20,22-23H2,1-3H3,(H,38,41)/t24-,25?/m0/s1. The lowest BCUT2D eigenvalue weighted by Crippen LogP contribution is -2.56. The summed E-state index contributed by atoms with van der Waals surface area (Å²) in [5.41, 5.74) is 1.18. The van der Waals surface area contributed by atoms with Crippen LogP contribution in [0.3, 0.4) is 0 Å². The molecule has 45 heavy (non-hydrogen) atoms. The quantitative estimate of drug-likeness (QED) is 0.351. The lowest BCUT2D eigenvalue weighted by Gasteiger charge is -2.41. The molecule has 3 fully saturated rings. The Bertz CT molecular complexity index is 1390. The van der Waals surface area contributed by atoms with E-state index in [2.05, 4.69) is 28.1 Å². The van der Waals surface area contributed by atoms with Crippen LogP contribution in [0.1, 0.15) is 57.9 Å². The first-order valence-corrected chi connectivity index (χ1v) is 16.5. The number of anilines is 2. The largest absolute Gasteiger partial charge is 0.476 e. The zero-order valence-corrected chi connectivity index (χ0v) is 26.8. The topological polar surface area (TPSA) is 112 Å². The van der Waals surface area contributed by atoms with Crippen LogP contribution in [0.5, 0.6) is 5.75 Å². The lowest BCUT2D eigenvalue weighted by atomic mass is 9.80. The fraction of sp³-hybridized carbons (Fsp3) is 0.571. The summed E-state index contributed by atoms with van der Waals surface area (Å²) in [5, 5.41) is 10.3. The molecule has 10 heteroatoms. The number of amides is 3. The van der Waals surface area contributed by atoms with Crippen LogP contribution in [0.2, 0.25) is 0 Å². The molecule has 2 saturated heterocycles. The summed E-state index contributed by atoms with van der Waals surface area (Å²) in [4.78, 5) is 45.2. The summed E-state index contributed by atoms with van der Waals surface area (Å²) < 4.78 is 11.4. The summed E-state index contributed by atoms with van der Waals surface area (Å²) in [5.74, 6) is -0.0946. The van der Waals surface area contributed by atoms with E-state index in [9.17, 15) is 14.4 Å². The van der Waals surface area contributed by atoms with Crippen LogP contribution >= 0.6 is 0 Å². The predicted octanol–water partition coefficient (Wildman–Crippen LogP) is 3.34. The maximum atomic E-state index is 14.3. The van der Waals surface area contributed by atoms with Gasteiger partial charge in [0.2, 0.25) is 11.8 Å². The summed E-state index contributed by atoms with van der Waals surface area (Å²) in [6.07, 6.45) is 4.69. The normalized spacial score (nSPS) is 23.9. The third-order valence-corrected chi connectivity index (χ3v) is 9.73. The van der Waals surface area contributed by atoms with Gasteiger partial charge in [-0.2, -0.15) is 0 Å². The van der Waals surface area contributed by atoms with Gasteiger partial charge in [-0.25, -0.2) is 0 Å². The number of carbonyl (C=O) groups is 3. The summed E-state index contributed by atoms with van der Waals surface area (Å²) >= 11 is 0. The van der Waals surface area contributed by atoms with Gasteiger partial charge in [0.05, 0.1) is 23.1 Å². The number of fused-ring (bicyclic) bond motifs is 1. The van der Waals surface area contributed by atoms with Crippen molar-refractivity contribution in [1.29, 1.82) is 0 Å². The van der Waals surface area contributed by atoms with Crippen LogP contribution in [-0.2, 0) is 24.7 Å². The molecule has 2 aromatic carbocycles. The second-order valence-electron chi connectivity index (χ2n) is 13.5. The van der Waals surface area contributed by atoms with Crippen LogP contribution in [0, 0.1) is 11.8 Å². The smallest absolute Gasteiger partial charge is 0.270 e. The molecular formula is C35H47N5O5. The maximum absolute atomic E-state index is 14.3. The van der Waals surface area contributed by atoms with E-state index in [4.69, 9.17) is 9.47 Å². The zero-order valence-electron chi connectivity index (χ0n) is 26.8. The Balaban J connectivity index is 1.20. The van der Waals surface area contributed by atoms with Gasteiger partial charge < -0.3 is 35.2 Å². The first-order valence-electron chi connectivity index (χ1n) is 16.5. The molecule has 2 aromatic rings.